The van der Waals surface area contributed by atoms with E-state index in [0.29, 0.717) is 0 Å². The number of fused-ring (bicyclic) bond motifs is 7. The molecule has 0 aromatic heterocycles. The molecule has 1 aliphatic carbocycles. The van der Waals surface area contributed by atoms with E-state index in [1.807, 2.05) is 103 Å². The van der Waals surface area contributed by atoms with Crippen molar-refractivity contribution in [1.82, 2.24) is 31.9 Å². The van der Waals surface area contributed by atoms with Crippen LogP contribution in [0.25, 0.3) is 32.7 Å². The molecule has 5 aromatic rings. The number of aliphatic hydroxyl groups is 2. The van der Waals surface area contributed by atoms with Gasteiger partial charge in [0, 0.05) is 26.9 Å². The Morgan fingerprint density at radius 3 is 1.43 bits per heavy atom. The number of nitrogens with two attached hydrogens (primary N) is 1. The number of carbonyl (C=O) groups excluding carboxylic acids is 7. The summed E-state index contributed by atoms with van der Waals surface area (Å²) in [5, 5.41) is 26.5. The van der Waals surface area contributed by atoms with Crippen molar-refractivity contribution in [2.45, 2.75) is 103 Å². The lowest BCUT2D eigenvalue weighted by Crippen LogP contribution is -2.69. The molecule has 17 heteroatoms. The monoisotopic (exact) mass is 956 g/mol. The van der Waals surface area contributed by atoms with E-state index in [1.165, 1.54) is 55.4 Å². The summed E-state index contributed by atoms with van der Waals surface area (Å²) in [6.45, 7) is 11.0. The zero-order valence-electron chi connectivity index (χ0n) is 47.8. The van der Waals surface area contributed by atoms with Gasteiger partial charge in [0.15, 0.2) is 0 Å². The number of nitrogens with one attached hydrogen (secondary N) is 6. The van der Waals surface area contributed by atoms with Crippen molar-refractivity contribution in [1.29, 1.82) is 2.86 Å². The topological polar surface area (TPSA) is 267 Å². The lowest BCUT2D eigenvalue weighted by atomic mass is 9.84. The second-order valence-electron chi connectivity index (χ2n) is 18.7. The number of benzene rings is 5. The fraction of sp³-hybridized carbons (Fsp3) is 0.365. The molecule has 0 fully saturated rings. The minimum absolute atomic E-state index is 0.0226. The Morgan fingerprint density at radius 2 is 1.00 bits per heavy atom. The minimum atomic E-state index is -2.54. The van der Waals surface area contributed by atoms with E-state index in [-0.39, 0.29) is 19.4 Å². The van der Waals surface area contributed by atoms with E-state index < -0.39 is 89.9 Å². The summed E-state index contributed by atoms with van der Waals surface area (Å²) in [6, 6.07) is 33.1. The Hall–Kier alpha value is -7.37. The first-order valence-electron chi connectivity index (χ1n) is 25.5. The SMILES string of the molecule is CC(C)(NC(=O)C(C)(C)NC(=O)C(C)(C)NC(=O)C(C)(C)NC(=O)C1(NC(=O)OCc2ccccc2)Cc2ccc3ccccc3c2-c2c(ccc3ccccc23)C1)C(=O)NCC(N)=O.[2H]OC([2H])([2H])[2H].[2H]OC([2H])([2H])[2H]. The highest BCUT2D eigenvalue weighted by molar-refractivity contribution is 6.09. The molecule has 0 atom stereocenters. The molecule has 368 valence electrons. The van der Waals surface area contributed by atoms with Crippen LogP contribution < -0.4 is 37.6 Å². The Kier molecular flexibility index (Phi) is 13.8. The molecule has 0 saturated carbocycles. The summed E-state index contributed by atoms with van der Waals surface area (Å²) in [5.74, 6) is -4.33. The number of amides is 7. The van der Waals surface area contributed by atoms with Crippen LogP contribution in [0, 0.1) is 0 Å². The highest BCUT2D eigenvalue weighted by Crippen LogP contribution is 2.44. The van der Waals surface area contributed by atoms with Crippen LogP contribution in [0.5, 0.6) is 0 Å². The van der Waals surface area contributed by atoms with Crippen molar-refractivity contribution < 1.29 is 56.7 Å². The summed E-state index contributed by atoms with van der Waals surface area (Å²) in [4.78, 5) is 94.4. The molecule has 0 bridgehead atoms. The van der Waals surface area contributed by atoms with Crippen LogP contribution in [0.2, 0.25) is 0 Å². The van der Waals surface area contributed by atoms with Gasteiger partial charge in [0.05, 0.1) is 14.8 Å². The molecule has 7 amide bonds. The number of hydrogen-bond donors (Lipinski definition) is 9. The van der Waals surface area contributed by atoms with Gasteiger partial charge in [-0.15, -0.1) is 0 Å². The van der Waals surface area contributed by atoms with E-state index in [1.54, 1.807) is 0 Å². The van der Waals surface area contributed by atoms with Gasteiger partial charge in [0.1, 0.15) is 34.3 Å². The van der Waals surface area contributed by atoms with Gasteiger partial charge in [-0.05, 0) is 105 Å². The molecule has 10 N–H and O–H groups in total. The zero-order valence-corrected chi connectivity index (χ0v) is 39.8. The van der Waals surface area contributed by atoms with Gasteiger partial charge in [-0.2, -0.15) is 0 Å². The summed E-state index contributed by atoms with van der Waals surface area (Å²) in [6.07, 6.45) is -0.791. The van der Waals surface area contributed by atoms with Crippen LogP contribution in [0.15, 0.2) is 103 Å². The predicted molar refractivity (Wildman–Crippen MR) is 264 cm³/mol. The second-order valence-corrected chi connectivity index (χ2v) is 18.7. The van der Waals surface area contributed by atoms with Gasteiger partial charge in [0.25, 0.3) is 0 Å². The molecule has 0 saturated heterocycles. The first-order chi connectivity index (χ1) is 35.6. The quantitative estimate of drug-likeness (QED) is 0.0777. The smallest absolute Gasteiger partial charge is 0.408 e. The van der Waals surface area contributed by atoms with E-state index in [0.717, 1.165) is 49.4 Å². The lowest BCUT2D eigenvalue weighted by molar-refractivity contribution is -0.141. The molecular formula is C52H65N7O10. The highest BCUT2D eigenvalue weighted by atomic mass is 16.5. The van der Waals surface area contributed by atoms with Crippen molar-refractivity contribution in [3.8, 4) is 11.1 Å². The average molecular weight is 956 g/mol. The number of ether oxygens (including phenoxy) is 1. The van der Waals surface area contributed by atoms with Crippen LogP contribution in [0.4, 0.5) is 4.79 Å². The normalized spacial score (nSPS) is 15.0. The minimum Gasteiger partial charge on any atom is -0.445 e. The highest BCUT2D eigenvalue weighted by Gasteiger charge is 2.48. The number of alkyl carbamates (subject to hydrolysis) is 1. The number of rotatable bonds is 14. The maximum absolute atomic E-state index is 15.2. The van der Waals surface area contributed by atoms with Crippen molar-refractivity contribution >= 4 is 63.1 Å². The van der Waals surface area contributed by atoms with Crippen LogP contribution in [0.3, 0.4) is 0 Å². The number of carbonyl (C=O) groups is 7. The van der Waals surface area contributed by atoms with Crippen LogP contribution >= 0.6 is 0 Å². The van der Waals surface area contributed by atoms with Gasteiger partial charge in [-0.25, -0.2) is 4.79 Å². The predicted octanol–water partition coefficient (Wildman–Crippen LogP) is 3.82. The van der Waals surface area contributed by atoms with E-state index in [2.05, 4.69) is 42.1 Å². The summed E-state index contributed by atoms with van der Waals surface area (Å²) in [5.41, 5.74) is 1.19. The van der Waals surface area contributed by atoms with Crippen molar-refractivity contribution in [3.63, 3.8) is 0 Å². The van der Waals surface area contributed by atoms with Crippen LogP contribution in [-0.4, -0.2) is 103 Å². The largest absolute Gasteiger partial charge is 0.445 e. The molecule has 0 heterocycles. The van der Waals surface area contributed by atoms with Gasteiger partial charge < -0.3 is 52.6 Å². The second kappa shape index (κ2) is 22.2. The molecule has 1 aliphatic rings. The van der Waals surface area contributed by atoms with E-state index in [9.17, 15) is 28.8 Å². The first kappa shape index (κ1) is 42.9. The number of primary amides is 1. The van der Waals surface area contributed by atoms with E-state index >= 15 is 4.79 Å². The van der Waals surface area contributed by atoms with Gasteiger partial charge in [0.2, 0.25) is 38.3 Å². The van der Waals surface area contributed by atoms with Crippen LogP contribution in [0.1, 0.15) is 80.3 Å². The Bertz CT molecular complexity index is 2880. The summed E-state index contributed by atoms with van der Waals surface area (Å²) < 4.78 is 53.9. The van der Waals surface area contributed by atoms with E-state index in [4.69, 9.17) is 21.6 Å². The third-order valence-corrected chi connectivity index (χ3v) is 11.7. The third-order valence-electron chi connectivity index (χ3n) is 11.7. The third kappa shape index (κ3) is 12.8. The fourth-order valence-electron chi connectivity index (χ4n) is 7.83. The van der Waals surface area contributed by atoms with Crippen molar-refractivity contribution in [2.75, 3.05) is 20.6 Å². The van der Waals surface area contributed by atoms with Gasteiger partial charge >= 0.3 is 6.09 Å². The summed E-state index contributed by atoms with van der Waals surface area (Å²) in [7, 11) is -5.08. The Morgan fingerprint density at radius 1 is 0.594 bits per heavy atom. The molecule has 17 nitrogen and oxygen atoms in total. The average Bonchev–Trinajstić information content (AvgIpc) is 3.50. The molecular weight excluding hydrogens is 883 g/mol. The first-order valence-corrected chi connectivity index (χ1v) is 21.7. The summed E-state index contributed by atoms with van der Waals surface area (Å²) >= 11 is 0. The number of hydrogen-bond acceptors (Lipinski definition) is 10. The molecule has 6 rings (SSSR count). The maximum atomic E-state index is 15.2. The van der Waals surface area contributed by atoms with Gasteiger partial charge in [-0.1, -0.05) is 103 Å². The molecule has 69 heavy (non-hydrogen) atoms. The molecule has 0 spiro atoms. The van der Waals surface area contributed by atoms with Crippen molar-refractivity contribution in [3.05, 3.63) is 120 Å². The van der Waals surface area contributed by atoms with Gasteiger partial charge in [-0.3, -0.25) is 28.8 Å². The Labute approximate surface area is 413 Å². The molecule has 0 radical (unpaired) electrons. The molecule has 5 aromatic carbocycles. The molecule has 0 aliphatic heterocycles. The zero-order chi connectivity index (χ0) is 58.0. The molecule has 0 unspecified atom stereocenters. The lowest BCUT2D eigenvalue weighted by Gasteiger charge is -2.38. The fourth-order valence-corrected chi connectivity index (χ4v) is 7.83. The van der Waals surface area contributed by atoms with Crippen molar-refractivity contribution in [2.24, 2.45) is 5.73 Å². The maximum Gasteiger partial charge on any atom is 0.408 e. The van der Waals surface area contributed by atoms with Crippen LogP contribution in [-0.2, 0) is 53.0 Å². The standard InChI is InChI=1S/C50H57N7O8.2CH4O/c1-46(2,40(59)52-28-37(51)58)53-41(60)47(3,4)54-42(61)48(5,6)55-43(62)49(7,8)56-44(63)50(57-45(64)65-29-30-16-10-9-11-17-30)26-33-24-22-31-18-12-14-20-35(31)38(33)39-34(27-50)25-23-32-19-13-15-21-36(32)39;2*1-2/h9-25H,26-29H2,1-8H3,(H2,51,58)(H,52,59)(H,53,60)(H,54,61)(H,55,62)(H,56,63)(H,57,64);2*2H,1H3/i;2*1D3,2D. The Balaban J connectivity index is 0.000000956.